The number of rotatable bonds is 6. The standard InChI is InChI=1S/C14H21NO2/c1-4-14(5-2,10-15)13(16)11-8-6-7-9-12(11)17-3/h6-9H,4-5,10,15H2,1-3H3. The topological polar surface area (TPSA) is 52.3 Å². The SMILES string of the molecule is CCC(CC)(CN)C(=O)c1ccccc1OC. The molecule has 0 aliphatic rings. The van der Waals surface area contributed by atoms with Gasteiger partial charge in [0.05, 0.1) is 12.7 Å². The van der Waals surface area contributed by atoms with Crippen molar-refractivity contribution in [3.8, 4) is 5.75 Å². The van der Waals surface area contributed by atoms with Gasteiger partial charge < -0.3 is 10.5 Å². The Hall–Kier alpha value is -1.35. The van der Waals surface area contributed by atoms with Crippen LogP contribution in [0, 0.1) is 5.41 Å². The number of carbonyl (C=O) groups excluding carboxylic acids is 1. The molecule has 17 heavy (non-hydrogen) atoms. The van der Waals surface area contributed by atoms with Crippen LogP contribution in [0.4, 0.5) is 0 Å². The van der Waals surface area contributed by atoms with Crippen LogP contribution in [0.15, 0.2) is 24.3 Å². The lowest BCUT2D eigenvalue weighted by atomic mass is 9.75. The molecule has 0 heterocycles. The Morgan fingerprint density at radius 1 is 1.29 bits per heavy atom. The van der Waals surface area contributed by atoms with Crippen LogP contribution in [-0.2, 0) is 0 Å². The van der Waals surface area contributed by atoms with E-state index in [1.165, 1.54) is 0 Å². The molecule has 0 radical (unpaired) electrons. The van der Waals surface area contributed by atoms with Crippen LogP contribution in [0.2, 0.25) is 0 Å². The molecular formula is C14H21NO2. The van der Waals surface area contributed by atoms with Crippen molar-refractivity contribution in [3.05, 3.63) is 29.8 Å². The molecule has 0 aromatic heterocycles. The molecule has 0 spiro atoms. The Morgan fingerprint density at radius 2 is 1.88 bits per heavy atom. The van der Waals surface area contributed by atoms with Crippen molar-refractivity contribution in [2.24, 2.45) is 11.1 Å². The summed E-state index contributed by atoms with van der Waals surface area (Å²) in [7, 11) is 1.58. The van der Waals surface area contributed by atoms with E-state index in [0.29, 0.717) is 17.9 Å². The Labute approximate surface area is 103 Å². The Kier molecular flexibility index (Phi) is 4.70. The summed E-state index contributed by atoms with van der Waals surface area (Å²) in [4.78, 5) is 12.6. The molecule has 0 amide bonds. The summed E-state index contributed by atoms with van der Waals surface area (Å²) in [6, 6.07) is 7.32. The smallest absolute Gasteiger partial charge is 0.173 e. The number of benzene rings is 1. The molecule has 94 valence electrons. The van der Waals surface area contributed by atoms with Gasteiger partial charge >= 0.3 is 0 Å². The molecule has 0 unspecified atom stereocenters. The summed E-state index contributed by atoms with van der Waals surface area (Å²) in [5.41, 5.74) is 5.96. The van der Waals surface area contributed by atoms with Crippen LogP contribution in [0.5, 0.6) is 5.75 Å². The van der Waals surface area contributed by atoms with Crippen LogP contribution < -0.4 is 10.5 Å². The lowest BCUT2D eigenvalue weighted by molar-refractivity contribution is 0.0784. The van der Waals surface area contributed by atoms with E-state index in [2.05, 4.69) is 0 Å². The molecule has 1 aromatic carbocycles. The van der Waals surface area contributed by atoms with E-state index in [-0.39, 0.29) is 5.78 Å². The fourth-order valence-electron chi connectivity index (χ4n) is 2.07. The highest BCUT2D eigenvalue weighted by atomic mass is 16.5. The summed E-state index contributed by atoms with van der Waals surface area (Å²) in [5.74, 6) is 0.708. The number of ketones is 1. The van der Waals surface area contributed by atoms with Gasteiger partial charge in [-0.3, -0.25) is 4.79 Å². The van der Waals surface area contributed by atoms with Crippen LogP contribution in [0.25, 0.3) is 0 Å². The van der Waals surface area contributed by atoms with Gasteiger partial charge in [-0.15, -0.1) is 0 Å². The summed E-state index contributed by atoms with van der Waals surface area (Å²) in [6.45, 7) is 4.38. The molecule has 0 aliphatic heterocycles. The first-order chi connectivity index (χ1) is 8.15. The average Bonchev–Trinajstić information content (AvgIpc) is 2.41. The number of carbonyl (C=O) groups is 1. The average molecular weight is 235 g/mol. The highest BCUT2D eigenvalue weighted by molar-refractivity contribution is 6.02. The molecule has 3 heteroatoms. The first kappa shape index (κ1) is 13.7. The van der Waals surface area contributed by atoms with Crippen molar-refractivity contribution in [3.63, 3.8) is 0 Å². The van der Waals surface area contributed by atoms with E-state index in [9.17, 15) is 4.79 Å². The summed E-state index contributed by atoms with van der Waals surface area (Å²) in [6.07, 6.45) is 1.49. The van der Waals surface area contributed by atoms with Crippen molar-refractivity contribution >= 4 is 5.78 Å². The van der Waals surface area contributed by atoms with Gasteiger partial charge in [-0.2, -0.15) is 0 Å². The minimum absolute atomic E-state index is 0.0856. The highest BCUT2D eigenvalue weighted by Gasteiger charge is 2.35. The monoisotopic (exact) mass is 235 g/mol. The fraction of sp³-hybridized carbons (Fsp3) is 0.500. The molecule has 0 aliphatic carbocycles. The first-order valence-corrected chi connectivity index (χ1v) is 6.03. The second kappa shape index (κ2) is 5.82. The van der Waals surface area contributed by atoms with Crippen LogP contribution >= 0.6 is 0 Å². The zero-order chi connectivity index (χ0) is 12.9. The maximum atomic E-state index is 12.6. The summed E-state index contributed by atoms with van der Waals surface area (Å²) < 4.78 is 5.23. The highest BCUT2D eigenvalue weighted by Crippen LogP contribution is 2.33. The predicted octanol–water partition coefficient (Wildman–Crippen LogP) is 2.64. The van der Waals surface area contributed by atoms with E-state index in [1.807, 2.05) is 26.0 Å². The van der Waals surface area contributed by atoms with E-state index >= 15 is 0 Å². The van der Waals surface area contributed by atoms with Crippen molar-refractivity contribution in [1.29, 1.82) is 0 Å². The van der Waals surface area contributed by atoms with Gasteiger partial charge in [0.15, 0.2) is 5.78 Å². The largest absolute Gasteiger partial charge is 0.496 e. The molecular weight excluding hydrogens is 214 g/mol. The zero-order valence-electron chi connectivity index (χ0n) is 10.8. The van der Waals surface area contributed by atoms with E-state index in [0.717, 1.165) is 12.8 Å². The molecule has 1 aromatic rings. The Balaban J connectivity index is 3.18. The lowest BCUT2D eigenvalue weighted by Gasteiger charge is -2.28. The van der Waals surface area contributed by atoms with Crippen LogP contribution in [0.3, 0.4) is 0 Å². The molecule has 2 N–H and O–H groups in total. The maximum Gasteiger partial charge on any atom is 0.173 e. The fourth-order valence-corrected chi connectivity index (χ4v) is 2.07. The minimum atomic E-state index is -0.464. The number of ether oxygens (including phenoxy) is 1. The zero-order valence-corrected chi connectivity index (χ0v) is 10.8. The normalized spacial score (nSPS) is 11.3. The van der Waals surface area contributed by atoms with Crippen LogP contribution in [-0.4, -0.2) is 19.4 Å². The van der Waals surface area contributed by atoms with Crippen molar-refractivity contribution < 1.29 is 9.53 Å². The third-order valence-corrected chi connectivity index (χ3v) is 3.58. The van der Waals surface area contributed by atoms with Crippen molar-refractivity contribution in [1.82, 2.24) is 0 Å². The quantitative estimate of drug-likeness (QED) is 0.771. The molecule has 0 saturated heterocycles. The molecule has 1 rings (SSSR count). The second-order valence-corrected chi connectivity index (χ2v) is 4.22. The number of Topliss-reactive ketones (excluding diaryl/α,β-unsaturated/α-hetero) is 1. The molecule has 3 nitrogen and oxygen atoms in total. The molecule has 0 bridgehead atoms. The molecule has 0 fully saturated rings. The third kappa shape index (κ3) is 2.50. The Bertz CT molecular complexity index is 375. The summed E-state index contributed by atoms with van der Waals surface area (Å²) in [5, 5.41) is 0. The van der Waals surface area contributed by atoms with Crippen molar-refractivity contribution in [2.45, 2.75) is 26.7 Å². The van der Waals surface area contributed by atoms with Crippen molar-refractivity contribution in [2.75, 3.05) is 13.7 Å². The number of para-hydroxylation sites is 1. The second-order valence-electron chi connectivity index (χ2n) is 4.22. The van der Waals surface area contributed by atoms with Gasteiger partial charge in [-0.05, 0) is 25.0 Å². The lowest BCUT2D eigenvalue weighted by Crippen LogP contribution is -2.37. The number of hydrogen-bond donors (Lipinski definition) is 1. The number of nitrogens with two attached hydrogens (primary N) is 1. The van der Waals surface area contributed by atoms with Gasteiger partial charge in [0.1, 0.15) is 5.75 Å². The molecule has 0 saturated carbocycles. The van der Waals surface area contributed by atoms with E-state index < -0.39 is 5.41 Å². The minimum Gasteiger partial charge on any atom is -0.496 e. The Morgan fingerprint density at radius 3 is 2.35 bits per heavy atom. The van der Waals surface area contributed by atoms with Gasteiger partial charge in [-0.25, -0.2) is 0 Å². The maximum absolute atomic E-state index is 12.6. The van der Waals surface area contributed by atoms with Gasteiger partial charge in [0.2, 0.25) is 0 Å². The summed E-state index contributed by atoms with van der Waals surface area (Å²) >= 11 is 0. The number of hydrogen-bond acceptors (Lipinski definition) is 3. The third-order valence-electron chi connectivity index (χ3n) is 3.58. The molecule has 0 atom stereocenters. The first-order valence-electron chi connectivity index (χ1n) is 6.03. The van der Waals surface area contributed by atoms with Gasteiger partial charge in [0.25, 0.3) is 0 Å². The van der Waals surface area contributed by atoms with Gasteiger partial charge in [-0.1, -0.05) is 26.0 Å². The van der Waals surface area contributed by atoms with E-state index in [4.69, 9.17) is 10.5 Å². The number of methoxy groups -OCH3 is 1. The van der Waals surface area contributed by atoms with Crippen LogP contribution in [0.1, 0.15) is 37.0 Å². The predicted molar refractivity (Wildman–Crippen MR) is 69.4 cm³/mol. The van der Waals surface area contributed by atoms with Gasteiger partial charge in [0, 0.05) is 12.0 Å². The van der Waals surface area contributed by atoms with E-state index in [1.54, 1.807) is 19.2 Å².